The first kappa shape index (κ1) is 12.9. The molecule has 0 aliphatic rings. The summed E-state index contributed by atoms with van der Waals surface area (Å²) in [5.74, 6) is 0.782. The fourth-order valence-electron chi connectivity index (χ4n) is 1.92. The molecule has 0 unspecified atom stereocenters. The van der Waals surface area contributed by atoms with Gasteiger partial charge in [0, 0.05) is 22.3 Å². The van der Waals surface area contributed by atoms with Crippen molar-refractivity contribution in [3.05, 3.63) is 71.2 Å². The number of aromatic nitrogens is 1. The summed E-state index contributed by atoms with van der Waals surface area (Å²) < 4.78 is 6.36. The lowest BCUT2D eigenvalue weighted by Crippen LogP contribution is -1.98. The summed E-state index contributed by atoms with van der Waals surface area (Å²) in [5, 5.41) is 3.39. The molecule has 1 aromatic heterocycles. The Balaban J connectivity index is 1.65. The van der Waals surface area contributed by atoms with Gasteiger partial charge in [-0.3, -0.25) is 0 Å². The Bertz CT molecular complexity index is 661. The van der Waals surface area contributed by atoms with Gasteiger partial charge in [0.2, 0.25) is 0 Å². The van der Waals surface area contributed by atoms with E-state index in [0.717, 1.165) is 28.0 Å². The minimum atomic E-state index is 0.782. The monoisotopic (exact) mass is 328 g/mol. The van der Waals surface area contributed by atoms with Gasteiger partial charge < -0.3 is 9.73 Å². The van der Waals surface area contributed by atoms with Crippen molar-refractivity contribution < 1.29 is 4.42 Å². The van der Waals surface area contributed by atoms with Gasteiger partial charge in [-0.15, -0.1) is 0 Å². The Morgan fingerprint density at radius 1 is 1.00 bits per heavy atom. The van der Waals surface area contributed by atoms with Crippen molar-refractivity contribution in [1.82, 2.24) is 4.98 Å². The average molecular weight is 329 g/mol. The number of nitrogens with one attached hydrogen (secondary N) is 1. The molecule has 3 rings (SSSR count). The molecule has 3 aromatic rings. The highest BCUT2D eigenvalue weighted by Crippen LogP contribution is 2.21. The van der Waals surface area contributed by atoms with Crippen molar-refractivity contribution in [2.24, 2.45) is 0 Å². The first-order valence-electron chi connectivity index (χ1n) is 6.28. The topological polar surface area (TPSA) is 38.1 Å². The summed E-state index contributed by atoms with van der Waals surface area (Å²) in [7, 11) is 0. The second-order valence-electron chi connectivity index (χ2n) is 4.42. The van der Waals surface area contributed by atoms with Crippen LogP contribution in [0.1, 0.15) is 5.56 Å². The zero-order valence-corrected chi connectivity index (χ0v) is 12.3. The number of oxazole rings is 1. The molecular weight excluding hydrogens is 316 g/mol. The molecule has 4 heteroatoms. The van der Waals surface area contributed by atoms with Gasteiger partial charge in [-0.2, -0.15) is 0 Å². The van der Waals surface area contributed by atoms with Gasteiger partial charge in [-0.1, -0.05) is 28.1 Å². The minimum Gasteiger partial charge on any atom is -0.444 e. The Morgan fingerprint density at radius 3 is 2.40 bits per heavy atom. The van der Waals surface area contributed by atoms with Crippen LogP contribution >= 0.6 is 15.9 Å². The van der Waals surface area contributed by atoms with Gasteiger partial charge in [0.1, 0.15) is 0 Å². The fraction of sp³-hybridized carbons (Fsp3) is 0.0625. The lowest BCUT2D eigenvalue weighted by molar-refractivity contribution is 0.572. The minimum absolute atomic E-state index is 0.782. The van der Waals surface area contributed by atoms with E-state index in [0.29, 0.717) is 0 Å². The van der Waals surface area contributed by atoms with E-state index in [1.165, 1.54) is 12.0 Å². The van der Waals surface area contributed by atoms with Crippen LogP contribution in [0.25, 0.3) is 11.3 Å². The number of hydrogen-bond donors (Lipinski definition) is 1. The number of anilines is 1. The molecule has 0 atom stereocenters. The Labute approximate surface area is 125 Å². The lowest BCUT2D eigenvalue weighted by Gasteiger charge is -2.07. The van der Waals surface area contributed by atoms with Crippen molar-refractivity contribution in [3.8, 4) is 11.3 Å². The summed E-state index contributed by atoms with van der Waals surface area (Å²) in [6, 6.07) is 16.4. The van der Waals surface area contributed by atoms with Crippen LogP contribution in [0.15, 0.2) is 70.0 Å². The molecule has 0 amide bonds. The van der Waals surface area contributed by atoms with Crippen LogP contribution in [-0.4, -0.2) is 4.98 Å². The largest absolute Gasteiger partial charge is 0.444 e. The van der Waals surface area contributed by atoms with Gasteiger partial charge in [0.15, 0.2) is 12.2 Å². The van der Waals surface area contributed by atoms with E-state index in [9.17, 15) is 0 Å². The third-order valence-electron chi connectivity index (χ3n) is 3.01. The molecule has 3 nitrogen and oxygen atoms in total. The lowest BCUT2D eigenvalue weighted by atomic mass is 10.1. The zero-order valence-electron chi connectivity index (χ0n) is 10.7. The highest BCUT2D eigenvalue weighted by Gasteiger charge is 2.01. The third kappa shape index (κ3) is 3.08. The molecule has 0 radical (unpaired) electrons. The number of halogens is 1. The van der Waals surface area contributed by atoms with Crippen LogP contribution in [0.2, 0.25) is 0 Å². The van der Waals surface area contributed by atoms with Crippen molar-refractivity contribution >= 4 is 21.6 Å². The molecule has 0 aliphatic heterocycles. The molecule has 100 valence electrons. The Morgan fingerprint density at radius 2 is 1.75 bits per heavy atom. The molecule has 0 spiro atoms. The van der Waals surface area contributed by atoms with Crippen LogP contribution in [0.5, 0.6) is 0 Å². The third-order valence-corrected chi connectivity index (χ3v) is 3.54. The van der Waals surface area contributed by atoms with Crippen molar-refractivity contribution in [2.75, 3.05) is 5.32 Å². The summed E-state index contributed by atoms with van der Waals surface area (Å²) in [6.45, 7) is 0.801. The van der Waals surface area contributed by atoms with E-state index < -0.39 is 0 Å². The number of benzene rings is 2. The first-order valence-corrected chi connectivity index (χ1v) is 7.08. The van der Waals surface area contributed by atoms with Gasteiger partial charge in [0.25, 0.3) is 0 Å². The summed E-state index contributed by atoms with van der Waals surface area (Å²) in [5.41, 5.74) is 3.35. The van der Waals surface area contributed by atoms with Crippen LogP contribution in [-0.2, 0) is 6.54 Å². The van der Waals surface area contributed by atoms with Crippen LogP contribution in [0.3, 0.4) is 0 Å². The molecule has 2 aromatic carbocycles. The van der Waals surface area contributed by atoms with Gasteiger partial charge >= 0.3 is 0 Å². The van der Waals surface area contributed by atoms with Crippen molar-refractivity contribution in [3.63, 3.8) is 0 Å². The maximum absolute atomic E-state index is 5.26. The second kappa shape index (κ2) is 5.92. The average Bonchev–Trinajstić information content (AvgIpc) is 3.01. The van der Waals surface area contributed by atoms with Gasteiger partial charge in [-0.25, -0.2) is 4.98 Å². The SMILES string of the molecule is Brc1ccc(CNc2ccc(-c3cnco3)cc2)cc1. The number of rotatable bonds is 4. The number of nitrogens with zero attached hydrogens (tertiary/aromatic N) is 1. The van der Waals surface area contributed by atoms with E-state index in [1.807, 2.05) is 36.4 Å². The van der Waals surface area contributed by atoms with Gasteiger partial charge in [-0.05, 0) is 42.0 Å². The predicted octanol–water partition coefficient (Wildman–Crippen LogP) is 4.72. The van der Waals surface area contributed by atoms with Crippen LogP contribution in [0.4, 0.5) is 5.69 Å². The highest BCUT2D eigenvalue weighted by atomic mass is 79.9. The van der Waals surface area contributed by atoms with E-state index in [1.54, 1.807) is 6.20 Å². The summed E-state index contributed by atoms with van der Waals surface area (Å²) in [6.07, 6.45) is 3.15. The maximum atomic E-state index is 5.26. The molecule has 0 aliphatic carbocycles. The molecule has 0 saturated carbocycles. The summed E-state index contributed by atoms with van der Waals surface area (Å²) in [4.78, 5) is 3.92. The Hall–Kier alpha value is -2.07. The number of hydrogen-bond acceptors (Lipinski definition) is 3. The fourth-order valence-corrected chi connectivity index (χ4v) is 2.18. The molecule has 0 saturated heterocycles. The molecule has 1 heterocycles. The summed E-state index contributed by atoms with van der Waals surface area (Å²) >= 11 is 3.43. The Kier molecular flexibility index (Phi) is 3.83. The van der Waals surface area contributed by atoms with E-state index >= 15 is 0 Å². The second-order valence-corrected chi connectivity index (χ2v) is 5.34. The zero-order chi connectivity index (χ0) is 13.8. The molecule has 20 heavy (non-hydrogen) atoms. The van der Waals surface area contributed by atoms with E-state index in [-0.39, 0.29) is 0 Å². The van der Waals surface area contributed by atoms with Crippen LogP contribution in [0, 0.1) is 0 Å². The molecule has 0 fully saturated rings. The maximum Gasteiger partial charge on any atom is 0.181 e. The normalized spacial score (nSPS) is 10.4. The molecule has 1 N–H and O–H groups in total. The molecular formula is C16H13BrN2O. The van der Waals surface area contributed by atoms with Crippen molar-refractivity contribution in [2.45, 2.75) is 6.54 Å². The van der Waals surface area contributed by atoms with Crippen molar-refractivity contribution in [1.29, 1.82) is 0 Å². The van der Waals surface area contributed by atoms with E-state index in [4.69, 9.17) is 4.42 Å². The molecule has 0 bridgehead atoms. The first-order chi connectivity index (χ1) is 9.81. The smallest absolute Gasteiger partial charge is 0.181 e. The standard InChI is InChI=1S/C16H13BrN2O/c17-14-5-1-12(2-6-14)9-19-15-7-3-13(4-8-15)16-10-18-11-20-16/h1-8,10-11,19H,9H2. The van der Waals surface area contributed by atoms with Crippen LogP contribution < -0.4 is 5.32 Å². The van der Waals surface area contributed by atoms with E-state index in [2.05, 4.69) is 38.4 Å². The highest BCUT2D eigenvalue weighted by molar-refractivity contribution is 9.10. The van der Waals surface area contributed by atoms with Gasteiger partial charge in [0.05, 0.1) is 6.20 Å². The quantitative estimate of drug-likeness (QED) is 0.753. The predicted molar refractivity (Wildman–Crippen MR) is 83.4 cm³/mol.